The van der Waals surface area contributed by atoms with Crippen LogP contribution in [0.2, 0.25) is 0 Å². The van der Waals surface area contributed by atoms with Crippen LogP contribution >= 0.6 is 0 Å². The normalized spacial score (nSPS) is 22.4. The first-order chi connectivity index (χ1) is 8.72. The summed E-state index contributed by atoms with van der Waals surface area (Å²) in [5, 5.41) is 3.63. The fourth-order valence-corrected chi connectivity index (χ4v) is 2.90. The van der Waals surface area contributed by atoms with Gasteiger partial charge in [-0.25, -0.2) is 0 Å². The number of hydrogen-bond donors (Lipinski definition) is 1. The molecule has 1 aliphatic carbocycles. The highest BCUT2D eigenvalue weighted by molar-refractivity contribution is 5.35. The molecule has 0 fully saturated rings. The fraction of sp³-hybridized carbons (Fsp3) is 0.625. The molecular weight excluding hydrogens is 222 g/mol. The molecule has 2 nitrogen and oxygen atoms in total. The Kier molecular flexibility index (Phi) is 4.79. The summed E-state index contributed by atoms with van der Waals surface area (Å²) in [6.45, 7) is 8.29. The van der Waals surface area contributed by atoms with Crippen molar-refractivity contribution in [1.29, 1.82) is 0 Å². The average Bonchev–Trinajstić information content (AvgIpc) is 2.68. The third-order valence-corrected chi connectivity index (χ3v) is 3.71. The number of rotatable bonds is 6. The summed E-state index contributed by atoms with van der Waals surface area (Å²) in [5.74, 6) is 0.682. The van der Waals surface area contributed by atoms with E-state index in [9.17, 15) is 0 Å². The van der Waals surface area contributed by atoms with Gasteiger partial charge >= 0.3 is 0 Å². The molecule has 1 N–H and O–H groups in total. The third kappa shape index (κ3) is 3.12. The van der Waals surface area contributed by atoms with Crippen LogP contribution in [-0.4, -0.2) is 19.3 Å². The van der Waals surface area contributed by atoms with Gasteiger partial charge in [0.25, 0.3) is 0 Å². The highest BCUT2D eigenvalue weighted by Crippen LogP contribution is 2.37. The van der Waals surface area contributed by atoms with Gasteiger partial charge < -0.3 is 10.1 Å². The van der Waals surface area contributed by atoms with Crippen LogP contribution in [0.25, 0.3) is 0 Å². The van der Waals surface area contributed by atoms with Gasteiger partial charge in [0.15, 0.2) is 0 Å². The Balaban J connectivity index is 1.99. The van der Waals surface area contributed by atoms with Gasteiger partial charge in [0.2, 0.25) is 0 Å². The van der Waals surface area contributed by atoms with Crippen molar-refractivity contribution in [2.24, 2.45) is 5.92 Å². The van der Waals surface area contributed by atoms with Crippen LogP contribution in [0.5, 0.6) is 0 Å². The molecule has 2 heteroatoms. The first-order valence-corrected chi connectivity index (χ1v) is 7.15. The molecule has 1 aliphatic rings. The molecule has 0 aromatic heterocycles. The number of ether oxygens (including phenoxy) is 1. The minimum atomic E-state index is 0.339. The second-order valence-corrected chi connectivity index (χ2v) is 5.41. The maximum absolute atomic E-state index is 5.70. The van der Waals surface area contributed by atoms with Crippen LogP contribution in [0, 0.1) is 5.92 Å². The topological polar surface area (TPSA) is 21.3 Å². The largest absolute Gasteiger partial charge is 0.379 e. The van der Waals surface area contributed by atoms with Crippen molar-refractivity contribution in [1.82, 2.24) is 5.32 Å². The third-order valence-electron chi connectivity index (χ3n) is 3.71. The summed E-state index contributed by atoms with van der Waals surface area (Å²) >= 11 is 0. The van der Waals surface area contributed by atoms with E-state index in [-0.39, 0.29) is 0 Å². The summed E-state index contributed by atoms with van der Waals surface area (Å²) in [6, 6.07) is 9.35. The summed E-state index contributed by atoms with van der Waals surface area (Å²) in [4.78, 5) is 0. The SMILES string of the molecule is CCNC1c2ccccc2CC1CCOC(C)C. The van der Waals surface area contributed by atoms with Gasteiger partial charge in [-0.2, -0.15) is 0 Å². The summed E-state index contributed by atoms with van der Waals surface area (Å²) < 4.78 is 5.70. The summed E-state index contributed by atoms with van der Waals surface area (Å²) in [7, 11) is 0. The predicted molar refractivity (Wildman–Crippen MR) is 75.8 cm³/mol. The fourth-order valence-electron chi connectivity index (χ4n) is 2.90. The molecule has 0 saturated carbocycles. The predicted octanol–water partition coefficient (Wildman–Crippen LogP) is 3.32. The van der Waals surface area contributed by atoms with E-state index in [1.165, 1.54) is 17.5 Å². The van der Waals surface area contributed by atoms with Crippen LogP contribution < -0.4 is 5.32 Å². The van der Waals surface area contributed by atoms with Gasteiger partial charge in [0.1, 0.15) is 0 Å². The van der Waals surface area contributed by atoms with Gasteiger partial charge in [0, 0.05) is 12.6 Å². The van der Waals surface area contributed by atoms with E-state index in [4.69, 9.17) is 4.74 Å². The second kappa shape index (κ2) is 6.35. The van der Waals surface area contributed by atoms with E-state index in [2.05, 4.69) is 50.4 Å². The molecule has 18 heavy (non-hydrogen) atoms. The molecule has 1 aromatic carbocycles. The zero-order valence-corrected chi connectivity index (χ0v) is 11.8. The van der Waals surface area contributed by atoms with Gasteiger partial charge in [-0.05, 0) is 50.3 Å². The van der Waals surface area contributed by atoms with E-state index >= 15 is 0 Å². The molecular formula is C16H25NO. The van der Waals surface area contributed by atoms with Crippen molar-refractivity contribution >= 4 is 0 Å². The van der Waals surface area contributed by atoms with Gasteiger partial charge in [-0.15, -0.1) is 0 Å². The molecule has 100 valence electrons. The Labute approximate surface area is 111 Å². The first-order valence-electron chi connectivity index (χ1n) is 7.15. The zero-order chi connectivity index (χ0) is 13.0. The highest BCUT2D eigenvalue weighted by Gasteiger charge is 2.30. The lowest BCUT2D eigenvalue weighted by atomic mass is 9.97. The zero-order valence-electron chi connectivity index (χ0n) is 11.8. The van der Waals surface area contributed by atoms with E-state index in [1.807, 2.05) is 0 Å². The Morgan fingerprint density at radius 2 is 2.11 bits per heavy atom. The monoisotopic (exact) mass is 247 g/mol. The Morgan fingerprint density at radius 3 is 2.83 bits per heavy atom. The van der Waals surface area contributed by atoms with Crippen molar-refractivity contribution in [2.45, 2.75) is 45.8 Å². The molecule has 0 spiro atoms. The maximum Gasteiger partial charge on any atom is 0.0518 e. The minimum Gasteiger partial charge on any atom is -0.379 e. The van der Waals surface area contributed by atoms with Crippen molar-refractivity contribution in [2.75, 3.05) is 13.2 Å². The Morgan fingerprint density at radius 1 is 1.33 bits per heavy atom. The molecule has 2 atom stereocenters. The summed E-state index contributed by atoms with van der Waals surface area (Å²) in [6.07, 6.45) is 2.67. The molecule has 2 unspecified atom stereocenters. The minimum absolute atomic E-state index is 0.339. The lowest BCUT2D eigenvalue weighted by Crippen LogP contribution is -2.26. The Hall–Kier alpha value is -0.860. The number of fused-ring (bicyclic) bond motifs is 1. The van der Waals surface area contributed by atoms with Crippen LogP contribution in [-0.2, 0) is 11.2 Å². The standard InChI is InChI=1S/C16H25NO/c1-4-17-16-14(9-10-18-12(2)3)11-13-7-5-6-8-15(13)16/h5-8,12,14,16-17H,4,9-11H2,1-3H3. The van der Waals surface area contributed by atoms with Crippen molar-refractivity contribution < 1.29 is 4.74 Å². The molecule has 0 saturated heterocycles. The number of nitrogens with one attached hydrogen (secondary N) is 1. The number of hydrogen-bond acceptors (Lipinski definition) is 2. The van der Waals surface area contributed by atoms with E-state index in [0.717, 1.165) is 19.6 Å². The van der Waals surface area contributed by atoms with Crippen LogP contribution in [0.1, 0.15) is 44.4 Å². The maximum atomic E-state index is 5.70. The van der Waals surface area contributed by atoms with Gasteiger partial charge in [-0.3, -0.25) is 0 Å². The van der Waals surface area contributed by atoms with E-state index in [1.54, 1.807) is 0 Å². The van der Waals surface area contributed by atoms with Crippen molar-refractivity contribution in [3.63, 3.8) is 0 Å². The lowest BCUT2D eigenvalue weighted by Gasteiger charge is -2.21. The van der Waals surface area contributed by atoms with E-state index in [0.29, 0.717) is 18.1 Å². The lowest BCUT2D eigenvalue weighted by molar-refractivity contribution is 0.0658. The molecule has 0 aliphatic heterocycles. The van der Waals surface area contributed by atoms with Crippen LogP contribution in [0.15, 0.2) is 24.3 Å². The smallest absolute Gasteiger partial charge is 0.0518 e. The highest BCUT2D eigenvalue weighted by atomic mass is 16.5. The van der Waals surface area contributed by atoms with Crippen LogP contribution in [0.4, 0.5) is 0 Å². The molecule has 2 rings (SSSR count). The van der Waals surface area contributed by atoms with Crippen molar-refractivity contribution in [3.8, 4) is 0 Å². The first kappa shape index (κ1) is 13.6. The Bertz CT molecular complexity index is 375. The molecule has 0 radical (unpaired) electrons. The quantitative estimate of drug-likeness (QED) is 0.832. The molecule has 0 heterocycles. The van der Waals surface area contributed by atoms with Gasteiger partial charge in [-0.1, -0.05) is 31.2 Å². The average molecular weight is 247 g/mol. The van der Waals surface area contributed by atoms with Crippen LogP contribution in [0.3, 0.4) is 0 Å². The molecule has 1 aromatic rings. The van der Waals surface area contributed by atoms with E-state index < -0.39 is 0 Å². The molecule has 0 amide bonds. The second-order valence-electron chi connectivity index (χ2n) is 5.41. The van der Waals surface area contributed by atoms with Crippen molar-refractivity contribution in [3.05, 3.63) is 35.4 Å². The van der Waals surface area contributed by atoms with Gasteiger partial charge in [0.05, 0.1) is 6.10 Å². The number of benzene rings is 1. The molecule has 0 bridgehead atoms. The summed E-state index contributed by atoms with van der Waals surface area (Å²) in [5.41, 5.74) is 3.01.